The normalized spacial score (nSPS) is 19.8. The van der Waals surface area contributed by atoms with Gasteiger partial charge >= 0.3 is 5.97 Å². The molecule has 1 atom stereocenters. The second-order valence-electron chi connectivity index (χ2n) is 8.90. The van der Waals surface area contributed by atoms with Gasteiger partial charge in [0.2, 0.25) is 0 Å². The van der Waals surface area contributed by atoms with Gasteiger partial charge in [-0.15, -0.1) is 22.7 Å². The van der Waals surface area contributed by atoms with Crippen LogP contribution in [0.5, 0.6) is 0 Å². The SMILES string of the molecule is CN1CCc2nc(C(=O)N3CCN(S(=O)(=O)c4cc5ccc(C(N)=NO)cc5s4)CC3C(=O)O)sc2C1. The molecule has 15 heteroatoms. The number of thiophene rings is 1. The molecule has 12 nitrogen and oxygen atoms in total. The minimum Gasteiger partial charge on any atom is -0.480 e. The number of nitrogens with zero attached hydrogens (tertiary/aromatic N) is 5. The monoisotopic (exact) mass is 564 g/mol. The molecule has 0 bridgehead atoms. The van der Waals surface area contributed by atoms with Crippen molar-refractivity contribution in [3.63, 3.8) is 0 Å². The molecule has 5 rings (SSSR count). The van der Waals surface area contributed by atoms with Gasteiger partial charge in [-0.25, -0.2) is 18.2 Å². The van der Waals surface area contributed by atoms with Gasteiger partial charge in [0.15, 0.2) is 10.8 Å². The van der Waals surface area contributed by atoms with E-state index < -0.39 is 27.9 Å². The largest absolute Gasteiger partial charge is 0.480 e. The summed E-state index contributed by atoms with van der Waals surface area (Å²) in [6.45, 7) is 1.03. The first-order valence-corrected chi connectivity index (χ1v) is 14.4. The molecule has 1 saturated heterocycles. The highest BCUT2D eigenvalue weighted by Crippen LogP contribution is 2.33. The predicted molar refractivity (Wildman–Crippen MR) is 138 cm³/mol. The van der Waals surface area contributed by atoms with Gasteiger partial charge in [0.25, 0.3) is 15.9 Å². The Morgan fingerprint density at radius 3 is 2.70 bits per heavy atom. The number of hydrogen-bond donors (Lipinski definition) is 3. The quantitative estimate of drug-likeness (QED) is 0.177. The summed E-state index contributed by atoms with van der Waals surface area (Å²) in [4.78, 5) is 34.2. The van der Waals surface area contributed by atoms with Gasteiger partial charge in [-0.3, -0.25) is 4.79 Å². The van der Waals surface area contributed by atoms with Crippen molar-refractivity contribution in [2.45, 2.75) is 23.2 Å². The number of nitrogens with two attached hydrogens (primary N) is 1. The maximum atomic E-state index is 13.4. The first-order chi connectivity index (χ1) is 17.6. The van der Waals surface area contributed by atoms with E-state index >= 15 is 0 Å². The zero-order valence-electron chi connectivity index (χ0n) is 19.7. The van der Waals surface area contributed by atoms with Crippen LogP contribution in [0, 0.1) is 0 Å². The van der Waals surface area contributed by atoms with Crippen molar-refractivity contribution in [1.82, 2.24) is 19.1 Å². The number of amides is 1. The van der Waals surface area contributed by atoms with Crippen molar-refractivity contribution in [2.24, 2.45) is 10.9 Å². The van der Waals surface area contributed by atoms with Gasteiger partial charge in [0.1, 0.15) is 10.3 Å². The summed E-state index contributed by atoms with van der Waals surface area (Å²) in [5.74, 6) is -1.88. The molecule has 37 heavy (non-hydrogen) atoms. The van der Waals surface area contributed by atoms with Crippen LogP contribution in [0.25, 0.3) is 10.1 Å². The summed E-state index contributed by atoms with van der Waals surface area (Å²) < 4.78 is 28.7. The molecular formula is C22H24N6O6S3. The zero-order chi connectivity index (χ0) is 26.5. The number of carboxylic acids is 1. The van der Waals surface area contributed by atoms with Gasteiger partial charge in [-0.2, -0.15) is 4.31 Å². The Kier molecular flexibility index (Phi) is 6.66. The molecule has 196 valence electrons. The van der Waals surface area contributed by atoms with E-state index in [1.807, 2.05) is 7.05 Å². The number of fused-ring (bicyclic) bond motifs is 2. The molecule has 0 saturated carbocycles. The third-order valence-electron chi connectivity index (χ3n) is 6.49. The number of sulfonamides is 1. The van der Waals surface area contributed by atoms with E-state index in [4.69, 9.17) is 10.9 Å². The average molecular weight is 565 g/mol. The van der Waals surface area contributed by atoms with Crippen LogP contribution < -0.4 is 5.73 Å². The van der Waals surface area contributed by atoms with E-state index in [1.165, 1.54) is 22.3 Å². The van der Waals surface area contributed by atoms with Crippen LogP contribution in [0.15, 0.2) is 33.6 Å². The Morgan fingerprint density at radius 2 is 1.97 bits per heavy atom. The molecule has 2 aromatic heterocycles. The molecule has 4 heterocycles. The van der Waals surface area contributed by atoms with Gasteiger partial charge in [-0.05, 0) is 24.6 Å². The summed E-state index contributed by atoms with van der Waals surface area (Å²) in [5.41, 5.74) is 6.94. The summed E-state index contributed by atoms with van der Waals surface area (Å²) in [6, 6.07) is 5.06. The number of likely N-dealkylation sites (N-methyl/N-ethyl adjacent to an activating group) is 1. The summed E-state index contributed by atoms with van der Waals surface area (Å²) >= 11 is 2.27. The molecule has 1 aromatic carbocycles. The Bertz CT molecular complexity index is 1530. The molecule has 1 fully saturated rings. The lowest BCUT2D eigenvalue weighted by Gasteiger charge is -2.37. The highest BCUT2D eigenvalue weighted by molar-refractivity contribution is 7.91. The molecule has 1 amide bonds. The minimum atomic E-state index is -4.03. The minimum absolute atomic E-state index is 0.0415. The summed E-state index contributed by atoms with van der Waals surface area (Å²) in [6.07, 6.45) is 0.722. The summed E-state index contributed by atoms with van der Waals surface area (Å²) in [5, 5.41) is 22.6. The van der Waals surface area contributed by atoms with E-state index in [0.717, 1.165) is 39.2 Å². The number of benzene rings is 1. The van der Waals surface area contributed by atoms with E-state index in [2.05, 4.69) is 15.0 Å². The van der Waals surface area contributed by atoms with E-state index in [0.29, 0.717) is 22.2 Å². The number of carboxylic acid groups (broad SMARTS) is 1. The molecule has 0 aliphatic carbocycles. The molecule has 4 N–H and O–H groups in total. The second-order valence-corrected chi connectivity index (χ2v) is 13.2. The fraction of sp³-hybridized carbons (Fsp3) is 0.364. The van der Waals surface area contributed by atoms with Gasteiger partial charge in [0.05, 0.1) is 5.69 Å². The van der Waals surface area contributed by atoms with Crippen molar-refractivity contribution in [2.75, 3.05) is 33.2 Å². The first-order valence-electron chi connectivity index (χ1n) is 11.3. The van der Waals surface area contributed by atoms with Crippen molar-refractivity contribution >= 4 is 60.5 Å². The van der Waals surface area contributed by atoms with Crippen LogP contribution in [-0.4, -0.2) is 94.8 Å². The molecule has 2 aliphatic rings. The van der Waals surface area contributed by atoms with Crippen molar-refractivity contribution < 1.29 is 28.3 Å². The number of thiazole rings is 1. The maximum Gasteiger partial charge on any atom is 0.327 e. The maximum absolute atomic E-state index is 13.4. The third-order valence-corrected chi connectivity index (χ3v) is 11.0. The second kappa shape index (κ2) is 9.64. The van der Waals surface area contributed by atoms with E-state index in [-0.39, 0.29) is 34.7 Å². The van der Waals surface area contributed by atoms with Crippen molar-refractivity contribution in [3.8, 4) is 0 Å². The Labute approximate surface area is 220 Å². The molecular weight excluding hydrogens is 540 g/mol. The number of oxime groups is 1. The van der Waals surface area contributed by atoms with Crippen LogP contribution in [0.2, 0.25) is 0 Å². The van der Waals surface area contributed by atoms with Crippen LogP contribution >= 0.6 is 22.7 Å². The van der Waals surface area contributed by atoms with Crippen LogP contribution in [0.4, 0.5) is 0 Å². The first kappa shape index (κ1) is 25.5. The number of hydrogen-bond acceptors (Lipinski definition) is 10. The predicted octanol–water partition coefficient (Wildman–Crippen LogP) is 1.04. The molecule has 0 radical (unpaired) electrons. The smallest absolute Gasteiger partial charge is 0.327 e. The fourth-order valence-corrected chi connectivity index (χ4v) is 8.62. The van der Waals surface area contributed by atoms with Crippen molar-refractivity contribution in [1.29, 1.82) is 0 Å². The highest BCUT2D eigenvalue weighted by atomic mass is 32.2. The van der Waals surface area contributed by atoms with E-state index in [9.17, 15) is 23.1 Å². The number of amidine groups is 1. The lowest BCUT2D eigenvalue weighted by Crippen LogP contribution is -2.59. The lowest BCUT2D eigenvalue weighted by molar-refractivity contribution is -0.143. The van der Waals surface area contributed by atoms with Gasteiger partial charge in [-0.1, -0.05) is 17.3 Å². The number of aromatic nitrogens is 1. The number of rotatable bonds is 5. The molecule has 0 spiro atoms. The van der Waals surface area contributed by atoms with Crippen LogP contribution in [0.3, 0.4) is 0 Å². The fourth-order valence-electron chi connectivity index (χ4n) is 4.45. The summed E-state index contributed by atoms with van der Waals surface area (Å²) in [7, 11) is -2.05. The molecule has 2 aliphatic heterocycles. The number of aliphatic carboxylic acids is 1. The molecule has 3 aromatic rings. The topological polar surface area (TPSA) is 170 Å². The van der Waals surface area contributed by atoms with Crippen LogP contribution in [-0.2, 0) is 27.8 Å². The lowest BCUT2D eigenvalue weighted by atomic mass is 10.2. The average Bonchev–Trinajstić information content (AvgIpc) is 3.51. The number of piperazine rings is 1. The Balaban J connectivity index is 1.38. The highest BCUT2D eigenvalue weighted by Gasteiger charge is 2.41. The molecule has 1 unspecified atom stereocenters. The van der Waals surface area contributed by atoms with Gasteiger partial charge in [0, 0.05) is 54.3 Å². The van der Waals surface area contributed by atoms with Crippen molar-refractivity contribution in [3.05, 3.63) is 45.4 Å². The Hall–Kier alpha value is -3.11. The van der Waals surface area contributed by atoms with E-state index in [1.54, 1.807) is 18.2 Å². The number of carbonyl (C=O) groups excluding carboxylic acids is 1. The standard InChI is InChI=1S/C22H24N6O6S3/c1-26-5-4-14-17(11-26)36-20(24-14)21(29)28-7-6-27(10-15(28)22(30)31)37(33,34)18-9-12-2-3-13(19(23)25-32)8-16(12)35-18/h2-3,8-9,15,32H,4-7,10-11H2,1H3,(H2,23,25)(H,30,31). The van der Waals surface area contributed by atoms with Gasteiger partial charge < -0.3 is 25.8 Å². The zero-order valence-corrected chi connectivity index (χ0v) is 22.1. The number of carbonyl (C=O) groups is 2. The third kappa shape index (κ3) is 4.68. The Morgan fingerprint density at radius 1 is 1.19 bits per heavy atom. The van der Waals surface area contributed by atoms with Crippen LogP contribution in [0.1, 0.15) is 25.9 Å².